The Bertz CT molecular complexity index is 1000. The van der Waals surface area contributed by atoms with E-state index in [0.29, 0.717) is 36.4 Å². The molecule has 9 heteroatoms. The zero-order chi connectivity index (χ0) is 25.1. The highest BCUT2D eigenvalue weighted by molar-refractivity contribution is 5.87. The van der Waals surface area contributed by atoms with Crippen LogP contribution in [0.4, 0.5) is 17.7 Å². The van der Waals surface area contributed by atoms with Gasteiger partial charge in [-0.15, -0.1) is 0 Å². The predicted octanol–water partition coefficient (Wildman–Crippen LogP) is 4.27. The molecule has 36 heavy (non-hydrogen) atoms. The van der Waals surface area contributed by atoms with E-state index >= 15 is 0 Å². The van der Waals surface area contributed by atoms with Gasteiger partial charge in [0, 0.05) is 25.7 Å². The minimum atomic E-state index is 0.0361. The van der Waals surface area contributed by atoms with E-state index in [1.807, 2.05) is 0 Å². The summed E-state index contributed by atoms with van der Waals surface area (Å²) in [7, 11) is 0. The molecule has 0 unspecified atom stereocenters. The predicted molar refractivity (Wildman–Crippen MR) is 145 cm³/mol. The number of aliphatic hydroxyl groups excluding tert-OH is 1. The number of hydrogen-bond donors (Lipinski definition) is 3. The second-order valence-corrected chi connectivity index (χ2v) is 11.3. The molecule has 3 aliphatic rings. The minimum Gasteiger partial charge on any atom is -0.395 e. The van der Waals surface area contributed by atoms with E-state index in [9.17, 15) is 5.11 Å². The Kier molecular flexibility index (Phi) is 8.15. The summed E-state index contributed by atoms with van der Waals surface area (Å²) in [6.45, 7) is 10.6. The first kappa shape index (κ1) is 25.5. The maximum atomic E-state index is 9.37. The second kappa shape index (κ2) is 11.5. The van der Waals surface area contributed by atoms with Crippen LogP contribution in [0.5, 0.6) is 0 Å². The van der Waals surface area contributed by atoms with Crippen molar-refractivity contribution < 1.29 is 9.84 Å². The van der Waals surface area contributed by atoms with Gasteiger partial charge in [-0.25, -0.2) is 0 Å². The standard InChI is InChI=1S/C27H45N7O2/c1-4-22-17-36-15-13-33(22)27-32-25-23(34(27)16-20-10-8-18(2)9-11-20)24(29-19(3)21-6-5-7-21)30-26(31-25)28-12-14-35/h18-22,35H,4-17H2,1-3H3,(H2,28,29,30,31)/t18?,19-,20?,22-/m1/s1. The van der Waals surface area contributed by atoms with Crippen molar-refractivity contribution in [3.63, 3.8) is 0 Å². The van der Waals surface area contributed by atoms with E-state index in [1.165, 1.54) is 44.9 Å². The molecule has 0 bridgehead atoms. The maximum Gasteiger partial charge on any atom is 0.226 e. The lowest BCUT2D eigenvalue weighted by atomic mass is 9.80. The molecular formula is C27H45N7O2. The van der Waals surface area contributed by atoms with Crippen LogP contribution in [0.25, 0.3) is 11.2 Å². The van der Waals surface area contributed by atoms with Crippen LogP contribution >= 0.6 is 0 Å². The topological polar surface area (TPSA) is 100 Å². The third-order valence-corrected chi connectivity index (χ3v) is 8.73. The fourth-order valence-electron chi connectivity index (χ4n) is 6.06. The third-order valence-electron chi connectivity index (χ3n) is 8.73. The number of nitrogens with one attached hydrogen (secondary N) is 2. The first-order valence-corrected chi connectivity index (χ1v) is 14.3. The monoisotopic (exact) mass is 499 g/mol. The summed E-state index contributed by atoms with van der Waals surface area (Å²) in [5, 5.41) is 16.3. The Balaban J connectivity index is 1.58. The molecular weight excluding hydrogens is 454 g/mol. The summed E-state index contributed by atoms with van der Waals surface area (Å²) >= 11 is 0. The van der Waals surface area contributed by atoms with Crippen molar-refractivity contribution >= 4 is 28.9 Å². The molecule has 2 atom stereocenters. The van der Waals surface area contributed by atoms with E-state index in [1.54, 1.807) is 0 Å². The van der Waals surface area contributed by atoms with E-state index in [2.05, 4.69) is 40.9 Å². The molecule has 200 valence electrons. The fourth-order valence-corrected chi connectivity index (χ4v) is 6.06. The van der Waals surface area contributed by atoms with Gasteiger partial charge in [0.2, 0.25) is 11.9 Å². The Morgan fingerprint density at radius 1 is 1.11 bits per heavy atom. The number of aliphatic hydroxyl groups is 1. The number of hydrogen-bond acceptors (Lipinski definition) is 8. The number of ether oxygens (including phenoxy) is 1. The van der Waals surface area contributed by atoms with Gasteiger partial charge in [0.05, 0.1) is 25.9 Å². The lowest BCUT2D eigenvalue weighted by Gasteiger charge is -2.37. The summed E-state index contributed by atoms with van der Waals surface area (Å²) in [6.07, 6.45) is 10.0. The fraction of sp³-hybridized carbons (Fsp3) is 0.815. The second-order valence-electron chi connectivity index (χ2n) is 11.3. The van der Waals surface area contributed by atoms with Crippen molar-refractivity contribution in [2.75, 3.05) is 48.4 Å². The molecule has 3 heterocycles. The number of anilines is 3. The van der Waals surface area contributed by atoms with Crippen LogP contribution in [0.15, 0.2) is 0 Å². The number of morpholine rings is 1. The van der Waals surface area contributed by atoms with Gasteiger partial charge in [0.15, 0.2) is 11.5 Å². The third kappa shape index (κ3) is 5.42. The van der Waals surface area contributed by atoms with Crippen molar-refractivity contribution in [2.45, 2.75) is 90.8 Å². The van der Waals surface area contributed by atoms with Crippen LogP contribution in [-0.2, 0) is 11.3 Å². The highest BCUT2D eigenvalue weighted by Crippen LogP contribution is 2.37. The van der Waals surface area contributed by atoms with Gasteiger partial charge in [-0.2, -0.15) is 15.0 Å². The maximum absolute atomic E-state index is 9.37. The number of imidazole rings is 1. The molecule has 3 N–H and O–H groups in total. The number of aromatic nitrogens is 4. The summed E-state index contributed by atoms with van der Waals surface area (Å²) in [6, 6.07) is 0.655. The van der Waals surface area contributed by atoms with Gasteiger partial charge in [0.1, 0.15) is 5.52 Å². The van der Waals surface area contributed by atoms with Crippen molar-refractivity contribution in [2.24, 2.45) is 17.8 Å². The average Bonchev–Trinajstić information content (AvgIpc) is 3.21. The number of rotatable bonds is 10. The quantitative estimate of drug-likeness (QED) is 0.446. The normalized spacial score (nSPS) is 26.1. The van der Waals surface area contributed by atoms with Crippen molar-refractivity contribution in [3.05, 3.63) is 0 Å². The largest absolute Gasteiger partial charge is 0.395 e. The highest BCUT2D eigenvalue weighted by Gasteiger charge is 2.31. The molecule has 0 amide bonds. The first-order valence-electron chi connectivity index (χ1n) is 14.3. The van der Waals surface area contributed by atoms with Gasteiger partial charge in [-0.05, 0) is 56.8 Å². The Hall–Kier alpha value is -2.13. The first-order chi connectivity index (χ1) is 17.6. The molecule has 1 aliphatic heterocycles. The number of fused-ring (bicyclic) bond motifs is 1. The highest BCUT2D eigenvalue weighted by atomic mass is 16.5. The van der Waals surface area contributed by atoms with Gasteiger partial charge in [-0.3, -0.25) is 0 Å². The molecule has 3 fully saturated rings. The summed E-state index contributed by atoms with van der Waals surface area (Å²) in [4.78, 5) is 17.4. The van der Waals surface area contributed by atoms with E-state index < -0.39 is 0 Å². The summed E-state index contributed by atoms with van der Waals surface area (Å²) in [5.41, 5.74) is 1.75. The zero-order valence-corrected chi connectivity index (χ0v) is 22.4. The van der Waals surface area contributed by atoms with Crippen molar-refractivity contribution in [1.82, 2.24) is 19.5 Å². The van der Waals surface area contributed by atoms with Gasteiger partial charge < -0.3 is 29.9 Å². The van der Waals surface area contributed by atoms with Gasteiger partial charge >= 0.3 is 0 Å². The molecule has 5 rings (SSSR count). The van der Waals surface area contributed by atoms with Crippen LogP contribution in [0.1, 0.15) is 72.1 Å². The van der Waals surface area contributed by atoms with Crippen molar-refractivity contribution in [3.8, 4) is 0 Å². The van der Waals surface area contributed by atoms with E-state index in [-0.39, 0.29) is 6.61 Å². The SMILES string of the molecule is CC[C@@H]1COCCN1c1nc2nc(NCCO)nc(N[C@H](C)C3CCC3)c2n1CC1CCC(C)CC1. The van der Waals surface area contributed by atoms with Crippen molar-refractivity contribution in [1.29, 1.82) is 0 Å². The molecule has 2 aromatic rings. The summed E-state index contributed by atoms with van der Waals surface area (Å²) in [5.74, 6) is 4.55. The van der Waals surface area contributed by atoms with Crippen LogP contribution in [0.3, 0.4) is 0 Å². The Morgan fingerprint density at radius 3 is 2.61 bits per heavy atom. The van der Waals surface area contributed by atoms with E-state index in [4.69, 9.17) is 19.7 Å². The van der Waals surface area contributed by atoms with Gasteiger partial charge in [-0.1, -0.05) is 33.1 Å². The lowest BCUT2D eigenvalue weighted by Crippen LogP contribution is -2.46. The Morgan fingerprint density at radius 2 is 1.92 bits per heavy atom. The molecule has 1 saturated heterocycles. The molecule has 2 saturated carbocycles. The molecule has 0 radical (unpaired) electrons. The smallest absolute Gasteiger partial charge is 0.226 e. The Labute approximate surface area is 215 Å². The molecule has 0 spiro atoms. The minimum absolute atomic E-state index is 0.0361. The van der Waals surface area contributed by atoms with Crippen LogP contribution in [-0.4, -0.2) is 69.6 Å². The summed E-state index contributed by atoms with van der Waals surface area (Å²) < 4.78 is 8.26. The molecule has 2 aromatic heterocycles. The van der Waals surface area contributed by atoms with Crippen LogP contribution < -0.4 is 15.5 Å². The lowest BCUT2D eigenvalue weighted by molar-refractivity contribution is 0.0916. The number of nitrogens with zero attached hydrogens (tertiary/aromatic N) is 5. The van der Waals surface area contributed by atoms with Crippen LogP contribution in [0.2, 0.25) is 0 Å². The molecule has 0 aromatic carbocycles. The van der Waals surface area contributed by atoms with Crippen LogP contribution in [0, 0.1) is 17.8 Å². The zero-order valence-electron chi connectivity index (χ0n) is 22.4. The van der Waals surface area contributed by atoms with E-state index in [0.717, 1.165) is 61.6 Å². The molecule has 9 nitrogen and oxygen atoms in total. The van der Waals surface area contributed by atoms with Gasteiger partial charge in [0.25, 0.3) is 0 Å². The average molecular weight is 500 g/mol. The molecule has 2 aliphatic carbocycles.